The third kappa shape index (κ3) is 3.53. The molecule has 6 nitrogen and oxygen atoms in total. The van der Waals surface area contributed by atoms with E-state index in [-0.39, 0.29) is 10.8 Å². The van der Waals surface area contributed by atoms with Crippen LogP contribution in [0.2, 0.25) is 0 Å². The minimum atomic E-state index is -0.127. The topological polar surface area (TPSA) is 57.2 Å². The largest absolute Gasteiger partial charge is 0.457 e. The van der Waals surface area contributed by atoms with Crippen LogP contribution in [-0.4, -0.2) is 23.9 Å². The lowest BCUT2D eigenvalue weighted by atomic mass is 9.60. The molecule has 0 unspecified atom stereocenters. The van der Waals surface area contributed by atoms with E-state index in [9.17, 15) is 0 Å². The number of aromatic nitrogens is 5. The molecule has 10 bridgehead atoms. The molecule has 47 heavy (non-hydrogen) atoms. The average molecular weight is 614 g/mol. The predicted molar refractivity (Wildman–Crippen MR) is 189 cm³/mol. The minimum absolute atomic E-state index is 0.0754. The van der Waals surface area contributed by atoms with Crippen LogP contribution in [0.15, 0.2) is 91.3 Å². The molecule has 8 aromatic rings. The Labute approximate surface area is 272 Å². The Morgan fingerprint density at radius 3 is 2.40 bits per heavy atom. The lowest BCUT2D eigenvalue weighted by molar-refractivity contribution is 0.286. The monoisotopic (exact) mass is 613 g/mol. The van der Waals surface area contributed by atoms with E-state index in [2.05, 4.69) is 103 Å². The summed E-state index contributed by atoms with van der Waals surface area (Å²) >= 11 is 0. The van der Waals surface area contributed by atoms with Crippen molar-refractivity contribution in [2.75, 3.05) is 0 Å². The number of hydrogen-bond donors (Lipinski definition) is 0. The quantitative estimate of drug-likeness (QED) is 0.160. The summed E-state index contributed by atoms with van der Waals surface area (Å²) in [4.78, 5) is 15.3. The van der Waals surface area contributed by atoms with Gasteiger partial charge in [-0.25, -0.2) is 15.0 Å². The number of pyridine rings is 3. The van der Waals surface area contributed by atoms with E-state index in [4.69, 9.17) is 19.7 Å². The molecular formula is C41H35N5O. The summed E-state index contributed by atoms with van der Waals surface area (Å²) in [6, 6.07) is 28.1. The molecule has 3 aliphatic rings. The molecule has 3 aromatic carbocycles. The molecule has 230 valence electrons. The summed E-state index contributed by atoms with van der Waals surface area (Å²) in [5.41, 5.74) is 9.30. The highest BCUT2D eigenvalue weighted by molar-refractivity contribution is 6.13. The van der Waals surface area contributed by atoms with Crippen molar-refractivity contribution < 1.29 is 4.74 Å². The smallest absolute Gasteiger partial charge is 0.146 e. The zero-order valence-corrected chi connectivity index (χ0v) is 27.1. The van der Waals surface area contributed by atoms with Gasteiger partial charge in [-0.1, -0.05) is 64.1 Å². The molecular weight excluding hydrogens is 578 g/mol. The fraction of sp³-hybridized carbons (Fsp3) is 0.244. The fourth-order valence-corrected chi connectivity index (χ4v) is 8.42. The summed E-state index contributed by atoms with van der Waals surface area (Å²) in [5, 5.41) is 5.91. The molecule has 0 N–H and O–H groups in total. The average Bonchev–Trinajstić information content (AvgIpc) is 3.62. The molecule has 0 saturated carbocycles. The van der Waals surface area contributed by atoms with E-state index in [0.717, 1.165) is 70.6 Å². The third-order valence-corrected chi connectivity index (χ3v) is 11.4. The lowest BCUT2D eigenvalue weighted by Gasteiger charge is -2.46. The van der Waals surface area contributed by atoms with Crippen LogP contribution >= 0.6 is 0 Å². The zero-order valence-electron chi connectivity index (χ0n) is 27.1. The van der Waals surface area contributed by atoms with E-state index in [1.807, 2.05) is 24.5 Å². The van der Waals surface area contributed by atoms with Gasteiger partial charge in [0.1, 0.15) is 28.6 Å². The van der Waals surface area contributed by atoms with Gasteiger partial charge in [0.25, 0.3) is 0 Å². The highest BCUT2D eigenvalue weighted by Gasteiger charge is 2.47. The second-order valence-electron chi connectivity index (χ2n) is 14.5. The Kier molecular flexibility index (Phi) is 5.27. The van der Waals surface area contributed by atoms with Crippen molar-refractivity contribution >= 4 is 49.3 Å². The van der Waals surface area contributed by atoms with E-state index in [0.29, 0.717) is 0 Å². The van der Waals surface area contributed by atoms with Gasteiger partial charge >= 0.3 is 0 Å². The van der Waals surface area contributed by atoms with Crippen LogP contribution in [0.1, 0.15) is 63.1 Å². The van der Waals surface area contributed by atoms with E-state index >= 15 is 0 Å². The second kappa shape index (κ2) is 9.19. The van der Waals surface area contributed by atoms with Crippen LogP contribution in [0, 0.1) is 0 Å². The first-order chi connectivity index (χ1) is 22.8. The molecule has 8 heterocycles. The maximum atomic E-state index is 6.62. The van der Waals surface area contributed by atoms with E-state index in [1.165, 1.54) is 44.2 Å². The van der Waals surface area contributed by atoms with Crippen LogP contribution < -0.4 is 4.74 Å². The Morgan fingerprint density at radius 2 is 1.49 bits per heavy atom. The van der Waals surface area contributed by atoms with Crippen LogP contribution in [0.3, 0.4) is 0 Å². The number of nitrogens with zero attached hydrogens (tertiary/aromatic N) is 5. The predicted octanol–water partition coefficient (Wildman–Crippen LogP) is 9.77. The van der Waals surface area contributed by atoms with Crippen molar-refractivity contribution in [3.8, 4) is 17.3 Å². The molecule has 0 aliphatic carbocycles. The summed E-state index contributed by atoms with van der Waals surface area (Å²) in [7, 11) is 0. The molecule has 0 radical (unpaired) electrons. The van der Waals surface area contributed by atoms with Crippen molar-refractivity contribution in [2.24, 2.45) is 0 Å². The Bertz CT molecular complexity index is 2620. The number of hydrogen-bond acceptors (Lipinski definition) is 4. The first-order valence-electron chi connectivity index (χ1n) is 16.7. The summed E-state index contributed by atoms with van der Waals surface area (Å²) in [6.45, 7) is 9.62. The molecule has 0 fully saturated rings. The molecule has 0 spiro atoms. The molecule has 3 aliphatic heterocycles. The lowest BCUT2D eigenvalue weighted by Crippen LogP contribution is -2.44. The number of para-hydroxylation sites is 2. The van der Waals surface area contributed by atoms with Gasteiger partial charge in [-0.3, -0.25) is 8.97 Å². The Hall–Kier alpha value is -5.23. The van der Waals surface area contributed by atoms with Crippen LogP contribution in [0.25, 0.3) is 55.1 Å². The summed E-state index contributed by atoms with van der Waals surface area (Å²) in [5.74, 6) is 2.28. The van der Waals surface area contributed by atoms with Gasteiger partial charge in [-0.15, -0.1) is 0 Å². The molecule has 0 saturated heterocycles. The molecule has 0 atom stereocenters. The van der Waals surface area contributed by atoms with Gasteiger partial charge < -0.3 is 4.74 Å². The van der Waals surface area contributed by atoms with Gasteiger partial charge in [-0.2, -0.15) is 0 Å². The molecule has 6 heteroatoms. The molecule has 11 rings (SSSR count). The van der Waals surface area contributed by atoms with Gasteiger partial charge in [0.05, 0.1) is 22.4 Å². The van der Waals surface area contributed by atoms with Crippen molar-refractivity contribution in [1.29, 1.82) is 0 Å². The fourth-order valence-electron chi connectivity index (χ4n) is 8.42. The highest BCUT2D eigenvalue weighted by Crippen LogP contribution is 2.52. The summed E-state index contributed by atoms with van der Waals surface area (Å²) in [6.07, 6.45) is 7.89. The van der Waals surface area contributed by atoms with E-state index < -0.39 is 0 Å². The number of benzene rings is 3. The van der Waals surface area contributed by atoms with Gasteiger partial charge in [-0.05, 0) is 78.6 Å². The number of rotatable bonds is 0. The second-order valence-corrected chi connectivity index (χ2v) is 14.5. The van der Waals surface area contributed by atoms with Crippen molar-refractivity contribution in [3.63, 3.8) is 0 Å². The van der Waals surface area contributed by atoms with Crippen molar-refractivity contribution in [1.82, 2.24) is 23.9 Å². The standard InChI is InChI=1S/C41H35N5O/c1-40(2)32-13-9-12-29-27-17-16-25-21-31(27)39-44-33(37(41(40,3)4)46(39)36(29)32)14-7-5-10-24-20-30-28-11-6-8-15-34(28)45(38(30)43-23-24)35-22-26(47-25)18-19-42-35/h6,8-9,11-13,15-23H,5,7,10,14H2,1-4H3. The number of ether oxygens (including phenoxy) is 1. The Balaban J connectivity index is 1.25. The van der Waals surface area contributed by atoms with Crippen molar-refractivity contribution in [3.05, 3.63) is 114 Å². The zero-order chi connectivity index (χ0) is 31.7. The maximum absolute atomic E-state index is 6.62. The first kappa shape index (κ1) is 26.9. The third-order valence-electron chi connectivity index (χ3n) is 11.4. The van der Waals surface area contributed by atoms with Gasteiger partial charge in [0, 0.05) is 50.8 Å². The first-order valence-corrected chi connectivity index (χ1v) is 16.7. The highest BCUT2D eigenvalue weighted by atomic mass is 16.5. The van der Waals surface area contributed by atoms with Crippen LogP contribution in [-0.2, 0) is 23.7 Å². The van der Waals surface area contributed by atoms with Crippen LogP contribution in [0.5, 0.6) is 11.5 Å². The molecule has 5 aromatic heterocycles. The van der Waals surface area contributed by atoms with Gasteiger partial charge in [0.2, 0.25) is 0 Å². The van der Waals surface area contributed by atoms with E-state index in [1.54, 1.807) is 0 Å². The Morgan fingerprint density at radius 1 is 0.681 bits per heavy atom. The SMILES string of the molecule is CC1(C)c2cccc3c4ccc5cc4c4nc(c(n4c23)C1(C)C)CCCCc1cnc2c(c1)c1ccccc1n2-c1cc(ccn1)O5. The normalized spacial score (nSPS) is 16.7. The summed E-state index contributed by atoms with van der Waals surface area (Å²) < 4.78 is 11.3. The van der Waals surface area contributed by atoms with Gasteiger partial charge in [0.15, 0.2) is 0 Å². The number of aryl methyl sites for hydroxylation is 2. The van der Waals surface area contributed by atoms with Crippen LogP contribution in [0.4, 0.5) is 0 Å². The number of fused-ring (bicyclic) bond motifs is 6. The minimum Gasteiger partial charge on any atom is -0.457 e. The molecule has 0 amide bonds. The van der Waals surface area contributed by atoms with Crippen molar-refractivity contribution in [2.45, 2.75) is 64.2 Å². The maximum Gasteiger partial charge on any atom is 0.146 e. The number of imidazole rings is 1.